The average Bonchev–Trinajstić information content (AvgIpc) is 2.93. The third kappa shape index (κ3) is 4.67. The first-order chi connectivity index (χ1) is 9.90. The third-order valence-electron chi connectivity index (χ3n) is 3.39. The van der Waals surface area contributed by atoms with E-state index in [1.54, 1.807) is 5.38 Å². The predicted octanol–water partition coefficient (Wildman–Crippen LogP) is 1.27. The van der Waals surface area contributed by atoms with Crippen LogP contribution < -0.4 is 5.32 Å². The normalized spacial score (nSPS) is 20.4. The van der Waals surface area contributed by atoms with Gasteiger partial charge in [0.15, 0.2) is 0 Å². The maximum Gasteiger partial charge on any atom is 0.270 e. The highest BCUT2D eigenvalue weighted by molar-refractivity contribution is 8.00. The maximum atomic E-state index is 12.0. The van der Waals surface area contributed by atoms with Crippen LogP contribution in [-0.4, -0.2) is 55.8 Å². The Bertz CT molecular complexity index is 600. The number of carbonyl (C=O) groups excluding carboxylic acids is 1. The molecule has 2 rings (SSSR count). The molecule has 9 heteroatoms. The van der Waals surface area contributed by atoms with Crippen molar-refractivity contribution < 1.29 is 13.2 Å². The Kier molecular flexibility index (Phi) is 5.64. The van der Waals surface area contributed by atoms with E-state index < -0.39 is 10.0 Å². The summed E-state index contributed by atoms with van der Waals surface area (Å²) >= 11 is 2.96. The van der Waals surface area contributed by atoms with Crippen LogP contribution in [0.1, 0.15) is 23.3 Å². The smallest absolute Gasteiger partial charge is 0.270 e. The Morgan fingerprint density at radius 3 is 3.00 bits per heavy atom. The lowest BCUT2D eigenvalue weighted by Crippen LogP contribution is -2.43. The minimum atomic E-state index is -3.14. The molecule has 118 valence electrons. The summed E-state index contributed by atoms with van der Waals surface area (Å²) in [5.41, 5.74) is 0.431. The van der Waals surface area contributed by atoms with E-state index in [4.69, 9.17) is 0 Å². The molecule has 1 amide bonds. The molecular formula is C12H19N3O3S3. The van der Waals surface area contributed by atoms with E-state index in [2.05, 4.69) is 10.3 Å². The first-order valence-electron chi connectivity index (χ1n) is 6.63. The van der Waals surface area contributed by atoms with Crippen molar-refractivity contribution in [1.29, 1.82) is 0 Å². The Morgan fingerprint density at radius 1 is 1.62 bits per heavy atom. The van der Waals surface area contributed by atoms with Gasteiger partial charge in [-0.3, -0.25) is 4.79 Å². The molecule has 2 heterocycles. The van der Waals surface area contributed by atoms with E-state index in [0.29, 0.717) is 25.3 Å². The summed E-state index contributed by atoms with van der Waals surface area (Å²) < 4.78 is 25.5. The van der Waals surface area contributed by atoms with Crippen molar-refractivity contribution >= 4 is 39.0 Å². The molecule has 0 saturated carbocycles. The van der Waals surface area contributed by atoms with Gasteiger partial charge in [0.2, 0.25) is 10.0 Å². The molecule has 1 fully saturated rings. The number of hydrogen-bond acceptors (Lipinski definition) is 6. The summed E-state index contributed by atoms with van der Waals surface area (Å²) in [7, 11) is -3.14. The van der Waals surface area contributed by atoms with Gasteiger partial charge in [-0.05, 0) is 25.0 Å². The van der Waals surface area contributed by atoms with E-state index in [1.807, 2.05) is 6.26 Å². The van der Waals surface area contributed by atoms with Gasteiger partial charge in [-0.2, -0.15) is 0 Å². The highest BCUT2D eigenvalue weighted by Crippen LogP contribution is 2.20. The van der Waals surface area contributed by atoms with Crippen LogP contribution in [0.2, 0.25) is 0 Å². The molecular weight excluding hydrogens is 330 g/mol. The molecule has 1 aliphatic rings. The Hall–Kier alpha value is -0.640. The largest absolute Gasteiger partial charge is 0.350 e. The number of thioether (sulfide) groups is 1. The number of sulfonamides is 1. The number of amides is 1. The van der Waals surface area contributed by atoms with Crippen LogP contribution in [0.5, 0.6) is 0 Å². The summed E-state index contributed by atoms with van der Waals surface area (Å²) in [6, 6.07) is 0. The summed E-state index contributed by atoms with van der Waals surface area (Å²) in [6.07, 6.45) is 4.91. The molecule has 6 nitrogen and oxygen atoms in total. The highest BCUT2D eigenvalue weighted by Gasteiger charge is 2.26. The molecule has 0 radical (unpaired) electrons. The number of nitrogens with zero attached hydrogens (tertiary/aromatic N) is 2. The molecule has 0 aromatic carbocycles. The van der Waals surface area contributed by atoms with Crippen molar-refractivity contribution in [3.63, 3.8) is 0 Å². The summed E-state index contributed by atoms with van der Waals surface area (Å²) in [5.74, 6) is -0.0286. The van der Waals surface area contributed by atoms with Crippen LogP contribution in [-0.2, 0) is 10.0 Å². The van der Waals surface area contributed by atoms with Crippen molar-refractivity contribution in [2.24, 2.45) is 5.92 Å². The molecule has 1 aliphatic heterocycles. The fraction of sp³-hybridized carbons (Fsp3) is 0.667. The first kappa shape index (κ1) is 16.7. The molecule has 21 heavy (non-hydrogen) atoms. The van der Waals surface area contributed by atoms with Gasteiger partial charge in [-0.25, -0.2) is 17.7 Å². The van der Waals surface area contributed by atoms with E-state index in [9.17, 15) is 13.2 Å². The van der Waals surface area contributed by atoms with Crippen LogP contribution in [0.3, 0.4) is 0 Å². The lowest BCUT2D eigenvalue weighted by Gasteiger charge is -2.30. The standard InChI is InChI=1S/C12H19N3O3S3/c1-19-12-14-10(8-20-12)11(16)13-6-9-4-3-5-15(7-9)21(2,17)18/h8-9H,3-7H2,1-2H3,(H,13,16). The van der Waals surface area contributed by atoms with Gasteiger partial charge in [0.05, 0.1) is 6.26 Å². The van der Waals surface area contributed by atoms with Crippen molar-refractivity contribution in [2.75, 3.05) is 32.1 Å². The summed E-state index contributed by atoms with van der Waals surface area (Å²) in [6.45, 7) is 1.54. The van der Waals surface area contributed by atoms with Gasteiger partial charge in [0.25, 0.3) is 5.91 Å². The number of aromatic nitrogens is 1. The lowest BCUT2D eigenvalue weighted by atomic mass is 10.00. The second kappa shape index (κ2) is 7.08. The SMILES string of the molecule is CSc1nc(C(=O)NCC2CCCN(S(C)(=O)=O)C2)cs1. The van der Waals surface area contributed by atoms with Crippen LogP contribution in [0, 0.1) is 5.92 Å². The Labute approximate surface area is 133 Å². The molecule has 1 aromatic heterocycles. The van der Waals surface area contributed by atoms with Crippen molar-refractivity contribution in [3.05, 3.63) is 11.1 Å². The van der Waals surface area contributed by atoms with Crippen molar-refractivity contribution in [3.8, 4) is 0 Å². The van der Waals surface area contributed by atoms with E-state index >= 15 is 0 Å². The van der Waals surface area contributed by atoms with Gasteiger partial charge < -0.3 is 5.32 Å². The predicted molar refractivity (Wildman–Crippen MR) is 85.4 cm³/mol. The zero-order valence-corrected chi connectivity index (χ0v) is 14.5. The zero-order valence-electron chi connectivity index (χ0n) is 12.0. The van der Waals surface area contributed by atoms with Gasteiger partial charge in [0, 0.05) is 25.0 Å². The van der Waals surface area contributed by atoms with Gasteiger partial charge in [0.1, 0.15) is 10.0 Å². The number of rotatable bonds is 5. The summed E-state index contributed by atoms with van der Waals surface area (Å²) in [4.78, 5) is 16.2. The van der Waals surface area contributed by atoms with E-state index in [1.165, 1.54) is 33.7 Å². The number of hydrogen-bond donors (Lipinski definition) is 1. The molecule has 1 unspecified atom stereocenters. The highest BCUT2D eigenvalue weighted by atomic mass is 32.2. The number of nitrogens with one attached hydrogen (secondary N) is 1. The minimum absolute atomic E-state index is 0.163. The zero-order chi connectivity index (χ0) is 15.5. The number of thiazole rings is 1. The van der Waals surface area contributed by atoms with Gasteiger partial charge in [-0.1, -0.05) is 11.8 Å². The second-order valence-corrected chi connectivity index (χ2v) is 8.94. The van der Waals surface area contributed by atoms with Crippen LogP contribution in [0.25, 0.3) is 0 Å². The molecule has 0 bridgehead atoms. The van der Waals surface area contributed by atoms with Crippen molar-refractivity contribution in [2.45, 2.75) is 17.2 Å². The number of carbonyl (C=O) groups is 1. The lowest BCUT2D eigenvalue weighted by molar-refractivity contribution is 0.0937. The maximum absolute atomic E-state index is 12.0. The average molecular weight is 350 g/mol. The van der Waals surface area contributed by atoms with Gasteiger partial charge >= 0.3 is 0 Å². The molecule has 1 saturated heterocycles. The molecule has 1 aromatic rings. The van der Waals surface area contributed by atoms with Crippen LogP contribution in [0.15, 0.2) is 9.72 Å². The van der Waals surface area contributed by atoms with E-state index in [0.717, 1.165) is 17.2 Å². The quantitative estimate of drug-likeness (QED) is 0.810. The van der Waals surface area contributed by atoms with E-state index in [-0.39, 0.29) is 11.8 Å². The molecule has 0 aliphatic carbocycles. The van der Waals surface area contributed by atoms with Crippen LogP contribution in [0.4, 0.5) is 0 Å². The third-order valence-corrected chi connectivity index (χ3v) is 6.53. The number of piperidine rings is 1. The van der Waals surface area contributed by atoms with Crippen molar-refractivity contribution in [1.82, 2.24) is 14.6 Å². The topological polar surface area (TPSA) is 79.4 Å². The van der Waals surface area contributed by atoms with Gasteiger partial charge in [-0.15, -0.1) is 11.3 Å². The minimum Gasteiger partial charge on any atom is -0.350 e. The Morgan fingerprint density at radius 2 is 2.38 bits per heavy atom. The fourth-order valence-electron chi connectivity index (χ4n) is 2.28. The van der Waals surface area contributed by atoms with Crippen LogP contribution >= 0.6 is 23.1 Å². The molecule has 0 spiro atoms. The fourth-order valence-corrected chi connectivity index (χ4v) is 4.46. The summed E-state index contributed by atoms with van der Waals surface area (Å²) in [5, 5.41) is 4.59. The first-order valence-corrected chi connectivity index (χ1v) is 10.6. The monoisotopic (exact) mass is 349 g/mol. The second-order valence-electron chi connectivity index (χ2n) is 5.04. The Balaban J connectivity index is 1.86. The molecule has 1 atom stereocenters. The molecule has 1 N–H and O–H groups in total.